The van der Waals surface area contributed by atoms with Gasteiger partial charge < -0.3 is 4.79 Å². The van der Waals surface area contributed by atoms with Gasteiger partial charge in [-0.2, -0.15) is 0 Å². The lowest BCUT2D eigenvalue weighted by molar-refractivity contribution is -0.155. The molecule has 0 radical (unpaired) electrons. The highest BCUT2D eigenvalue weighted by Crippen LogP contribution is 1.57. The molecule has 0 aliphatic rings. The molecule has 0 bridgehead atoms. The SMILES string of the molecule is CONOCC=O. The van der Waals surface area contributed by atoms with Gasteiger partial charge in [-0.25, -0.2) is 0 Å². The lowest BCUT2D eigenvalue weighted by atomic mass is 10.9. The summed E-state index contributed by atoms with van der Waals surface area (Å²) in [5.41, 5.74) is 2.02. The number of aldehydes is 1. The number of hydrogen-bond acceptors (Lipinski definition) is 4. The molecule has 0 unspecified atom stereocenters. The van der Waals surface area contributed by atoms with Crippen LogP contribution >= 0.6 is 0 Å². The van der Waals surface area contributed by atoms with E-state index >= 15 is 0 Å². The standard InChI is InChI=1S/C3H7NO3/c1-6-4-7-3-2-5/h2,4H,3H2,1H3. The van der Waals surface area contributed by atoms with E-state index < -0.39 is 0 Å². The second-order valence-electron chi connectivity index (χ2n) is 0.765. The summed E-state index contributed by atoms with van der Waals surface area (Å²) in [6.45, 7) is 0.00778. The van der Waals surface area contributed by atoms with Crippen molar-refractivity contribution in [1.82, 2.24) is 5.64 Å². The highest BCUT2D eigenvalue weighted by molar-refractivity contribution is 5.50. The second-order valence-corrected chi connectivity index (χ2v) is 0.765. The molecule has 42 valence electrons. The van der Waals surface area contributed by atoms with Crippen molar-refractivity contribution in [3.63, 3.8) is 0 Å². The molecule has 0 aromatic carbocycles. The molecule has 7 heavy (non-hydrogen) atoms. The number of carbonyl (C=O) groups is 1. The molecule has 0 aliphatic heterocycles. The smallest absolute Gasteiger partial charge is 0.147 e. The number of rotatable bonds is 4. The van der Waals surface area contributed by atoms with Crippen LogP contribution in [0.2, 0.25) is 0 Å². The molecule has 0 aromatic rings. The van der Waals surface area contributed by atoms with Gasteiger partial charge in [-0.3, -0.25) is 9.68 Å². The van der Waals surface area contributed by atoms with Crippen molar-refractivity contribution in [1.29, 1.82) is 0 Å². The summed E-state index contributed by atoms with van der Waals surface area (Å²) in [7, 11) is 1.39. The van der Waals surface area contributed by atoms with Gasteiger partial charge in [0, 0.05) is 0 Å². The fourth-order valence-electron chi connectivity index (χ4n) is 0.127. The fraction of sp³-hybridized carbons (Fsp3) is 0.667. The Bertz CT molecular complexity index is 47.4. The van der Waals surface area contributed by atoms with Crippen LogP contribution in [-0.2, 0) is 14.5 Å². The molecule has 0 heterocycles. The summed E-state index contributed by atoms with van der Waals surface area (Å²) in [5.74, 6) is 0. The summed E-state index contributed by atoms with van der Waals surface area (Å²) in [6.07, 6.45) is 0.617. The first-order valence-electron chi connectivity index (χ1n) is 1.75. The molecule has 0 aliphatic carbocycles. The van der Waals surface area contributed by atoms with E-state index in [1.165, 1.54) is 7.11 Å². The minimum absolute atomic E-state index is 0.00778. The van der Waals surface area contributed by atoms with Crippen molar-refractivity contribution in [2.75, 3.05) is 13.7 Å². The van der Waals surface area contributed by atoms with E-state index in [4.69, 9.17) is 0 Å². The normalized spacial score (nSPS) is 8.71. The van der Waals surface area contributed by atoms with E-state index in [2.05, 4.69) is 9.68 Å². The first-order valence-corrected chi connectivity index (χ1v) is 1.75. The third-order valence-electron chi connectivity index (χ3n) is 0.294. The van der Waals surface area contributed by atoms with Gasteiger partial charge in [-0.1, -0.05) is 5.64 Å². The zero-order valence-corrected chi connectivity index (χ0v) is 4.01. The van der Waals surface area contributed by atoms with Gasteiger partial charge in [-0.15, -0.1) is 0 Å². The number of hydrogen-bond donors (Lipinski definition) is 1. The average Bonchev–Trinajstić information content (AvgIpc) is 1.69. The molecule has 0 saturated heterocycles. The van der Waals surface area contributed by atoms with E-state index in [1.807, 2.05) is 5.64 Å². The van der Waals surface area contributed by atoms with Crippen LogP contribution in [0.25, 0.3) is 0 Å². The van der Waals surface area contributed by atoms with Crippen LogP contribution in [0, 0.1) is 0 Å². The van der Waals surface area contributed by atoms with Crippen molar-refractivity contribution < 1.29 is 14.5 Å². The molecule has 1 N–H and O–H groups in total. The zero-order chi connectivity index (χ0) is 5.54. The number of carbonyl (C=O) groups excluding carboxylic acids is 1. The summed E-state index contributed by atoms with van der Waals surface area (Å²) >= 11 is 0. The molecule has 4 nitrogen and oxygen atoms in total. The Morgan fingerprint density at radius 3 is 3.00 bits per heavy atom. The molecular weight excluding hydrogens is 98.0 g/mol. The third-order valence-corrected chi connectivity index (χ3v) is 0.294. The Balaban J connectivity index is 2.56. The molecular formula is C3H7NO3. The van der Waals surface area contributed by atoms with E-state index in [9.17, 15) is 4.79 Å². The van der Waals surface area contributed by atoms with Crippen molar-refractivity contribution in [3.05, 3.63) is 0 Å². The van der Waals surface area contributed by atoms with Crippen LogP contribution in [0.15, 0.2) is 0 Å². The van der Waals surface area contributed by atoms with Crippen molar-refractivity contribution >= 4 is 6.29 Å². The van der Waals surface area contributed by atoms with Gasteiger partial charge in [0.05, 0.1) is 7.11 Å². The molecule has 0 saturated carbocycles. The number of nitrogens with one attached hydrogen (secondary N) is 1. The molecule has 0 atom stereocenters. The summed E-state index contributed by atoms with van der Waals surface area (Å²) < 4.78 is 0. The van der Waals surface area contributed by atoms with Gasteiger partial charge >= 0.3 is 0 Å². The van der Waals surface area contributed by atoms with Gasteiger partial charge in [0.1, 0.15) is 12.9 Å². The van der Waals surface area contributed by atoms with Gasteiger partial charge in [-0.05, 0) is 0 Å². The first kappa shape index (κ1) is 6.55. The van der Waals surface area contributed by atoms with Crippen LogP contribution in [0.3, 0.4) is 0 Å². The van der Waals surface area contributed by atoms with Crippen molar-refractivity contribution in [3.8, 4) is 0 Å². The molecule has 0 rings (SSSR count). The van der Waals surface area contributed by atoms with Gasteiger partial charge in [0.2, 0.25) is 0 Å². The minimum atomic E-state index is 0.00778. The predicted octanol–water partition coefficient (Wildman–Crippen LogP) is -0.732. The highest BCUT2D eigenvalue weighted by Gasteiger charge is 1.75. The lowest BCUT2D eigenvalue weighted by Crippen LogP contribution is -2.13. The van der Waals surface area contributed by atoms with Crippen LogP contribution in [0.1, 0.15) is 0 Å². The largest absolute Gasteiger partial charge is 0.301 e. The van der Waals surface area contributed by atoms with E-state index in [0.29, 0.717) is 6.29 Å². The minimum Gasteiger partial charge on any atom is -0.301 e. The Morgan fingerprint density at radius 1 is 1.86 bits per heavy atom. The quantitative estimate of drug-likeness (QED) is 0.291. The first-order chi connectivity index (χ1) is 3.41. The Hall–Kier alpha value is -0.450. The summed E-state index contributed by atoms with van der Waals surface area (Å²) in [6, 6.07) is 0. The maximum Gasteiger partial charge on any atom is 0.147 e. The van der Waals surface area contributed by atoms with Crippen LogP contribution < -0.4 is 5.64 Å². The van der Waals surface area contributed by atoms with Crippen molar-refractivity contribution in [2.45, 2.75) is 0 Å². The van der Waals surface area contributed by atoms with E-state index in [-0.39, 0.29) is 6.61 Å². The van der Waals surface area contributed by atoms with E-state index in [1.54, 1.807) is 0 Å². The Kier molecular flexibility index (Phi) is 5.19. The Morgan fingerprint density at radius 2 is 2.57 bits per heavy atom. The molecule has 0 aromatic heterocycles. The molecule has 0 amide bonds. The summed E-state index contributed by atoms with van der Waals surface area (Å²) in [5, 5.41) is 0. The predicted molar refractivity (Wildman–Crippen MR) is 22.2 cm³/mol. The molecule has 0 spiro atoms. The third kappa shape index (κ3) is 5.55. The fourth-order valence-corrected chi connectivity index (χ4v) is 0.127. The van der Waals surface area contributed by atoms with Crippen LogP contribution in [0.4, 0.5) is 0 Å². The van der Waals surface area contributed by atoms with Crippen LogP contribution in [0.5, 0.6) is 0 Å². The second kappa shape index (κ2) is 5.55. The monoisotopic (exact) mass is 105 g/mol. The van der Waals surface area contributed by atoms with Gasteiger partial charge in [0.25, 0.3) is 0 Å². The van der Waals surface area contributed by atoms with Gasteiger partial charge in [0.15, 0.2) is 0 Å². The average molecular weight is 105 g/mol. The van der Waals surface area contributed by atoms with E-state index in [0.717, 1.165) is 0 Å². The highest BCUT2D eigenvalue weighted by atomic mass is 16.9. The molecule has 0 fully saturated rings. The zero-order valence-electron chi connectivity index (χ0n) is 4.01. The Labute approximate surface area is 41.3 Å². The topological polar surface area (TPSA) is 47.6 Å². The lowest BCUT2D eigenvalue weighted by Gasteiger charge is -1.94. The summed E-state index contributed by atoms with van der Waals surface area (Å²) in [4.78, 5) is 18.0. The van der Waals surface area contributed by atoms with Crippen LogP contribution in [-0.4, -0.2) is 20.0 Å². The molecule has 4 heteroatoms. The maximum atomic E-state index is 9.46. The van der Waals surface area contributed by atoms with Crippen molar-refractivity contribution in [2.24, 2.45) is 0 Å². The maximum absolute atomic E-state index is 9.46.